The summed E-state index contributed by atoms with van der Waals surface area (Å²) in [6.45, 7) is 2.00. The minimum absolute atomic E-state index is 0.639. The van der Waals surface area contributed by atoms with Gasteiger partial charge in [-0.2, -0.15) is 5.26 Å². The number of aromatic nitrogens is 3. The van der Waals surface area contributed by atoms with Crippen LogP contribution in [0.1, 0.15) is 18.2 Å². The molecule has 13 heavy (non-hydrogen) atoms. The molecule has 1 N–H and O–H groups in total. The number of aryl methyl sites for hydroxylation is 1. The van der Waals surface area contributed by atoms with E-state index in [1.807, 2.05) is 6.92 Å². The molecule has 0 aliphatic carbocycles. The van der Waals surface area contributed by atoms with E-state index in [1.54, 1.807) is 6.20 Å². The highest BCUT2D eigenvalue weighted by molar-refractivity contribution is 5.82. The van der Waals surface area contributed by atoms with Crippen molar-refractivity contribution in [2.24, 2.45) is 0 Å². The van der Waals surface area contributed by atoms with E-state index in [0.29, 0.717) is 11.1 Å². The molecule has 0 atom stereocenters. The molecule has 0 saturated heterocycles. The maximum Gasteiger partial charge on any atom is 0.116 e. The Hall–Kier alpha value is -1.89. The monoisotopic (exact) mass is 172 g/mol. The molecule has 64 valence electrons. The Kier molecular flexibility index (Phi) is 1.71. The molecule has 0 fully saturated rings. The van der Waals surface area contributed by atoms with E-state index in [9.17, 15) is 0 Å². The van der Waals surface area contributed by atoms with Crippen LogP contribution in [0.25, 0.3) is 11.0 Å². The van der Waals surface area contributed by atoms with Crippen LogP contribution < -0.4 is 0 Å². The maximum absolute atomic E-state index is 8.91. The zero-order chi connectivity index (χ0) is 9.26. The van der Waals surface area contributed by atoms with Crippen LogP contribution in [-0.4, -0.2) is 15.0 Å². The normalized spacial score (nSPS) is 10.2. The molecule has 0 spiro atoms. The lowest BCUT2D eigenvalue weighted by atomic mass is 10.2. The summed E-state index contributed by atoms with van der Waals surface area (Å²) in [5.74, 6) is 0. The standard InChI is InChI=1S/C9H8N4/c1-2-7-6(3-10)9-8(13-7)4-11-5-12-9/h4-5,13H,2H2,1H3. The Balaban J connectivity index is 2.83. The number of H-pyrrole nitrogens is 1. The van der Waals surface area contributed by atoms with E-state index >= 15 is 0 Å². The Bertz CT molecular complexity index is 478. The molecule has 0 amide bonds. The molecule has 0 unspecified atom stereocenters. The van der Waals surface area contributed by atoms with Crippen molar-refractivity contribution in [3.63, 3.8) is 0 Å². The molecular formula is C9H8N4. The molecule has 0 radical (unpaired) electrons. The second kappa shape index (κ2) is 2.87. The average Bonchev–Trinajstić information content (AvgIpc) is 2.55. The summed E-state index contributed by atoms with van der Waals surface area (Å²) in [6.07, 6.45) is 3.94. The van der Waals surface area contributed by atoms with Gasteiger partial charge in [-0.25, -0.2) is 9.97 Å². The van der Waals surface area contributed by atoms with Crippen molar-refractivity contribution in [3.8, 4) is 6.07 Å². The molecule has 0 bridgehead atoms. The lowest BCUT2D eigenvalue weighted by molar-refractivity contribution is 1.06. The number of aromatic amines is 1. The summed E-state index contributed by atoms with van der Waals surface area (Å²) in [5, 5.41) is 8.91. The van der Waals surface area contributed by atoms with Crippen LogP contribution in [-0.2, 0) is 6.42 Å². The number of nitrogens with one attached hydrogen (secondary N) is 1. The molecule has 4 nitrogen and oxygen atoms in total. The van der Waals surface area contributed by atoms with Gasteiger partial charge in [-0.15, -0.1) is 0 Å². The lowest BCUT2D eigenvalue weighted by Gasteiger charge is -1.87. The fourth-order valence-corrected chi connectivity index (χ4v) is 1.37. The predicted molar refractivity (Wildman–Crippen MR) is 48.0 cm³/mol. The van der Waals surface area contributed by atoms with E-state index in [2.05, 4.69) is 21.0 Å². The minimum atomic E-state index is 0.639. The fraction of sp³-hybridized carbons (Fsp3) is 0.222. The molecule has 4 heteroatoms. The summed E-state index contributed by atoms with van der Waals surface area (Å²) >= 11 is 0. The van der Waals surface area contributed by atoms with Crippen LogP contribution in [0.5, 0.6) is 0 Å². The van der Waals surface area contributed by atoms with Gasteiger partial charge in [-0.3, -0.25) is 0 Å². The van der Waals surface area contributed by atoms with E-state index in [1.165, 1.54) is 6.33 Å². The first-order chi connectivity index (χ1) is 6.36. The molecule has 2 aromatic rings. The van der Waals surface area contributed by atoms with Crippen LogP contribution >= 0.6 is 0 Å². The number of hydrogen-bond acceptors (Lipinski definition) is 3. The van der Waals surface area contributed by atoms with Crippen molar-refractivity contribution in [1.82, 2.24) is 15.0 Å². The third-order valence-corrected chi connectivity index (χ3v) is 2.00. The number of rotatable bonds is 1. The molecular weight excluding hydrogens is 164 g/mol. The van der Waals surface area contributed by atoms with E-state index < -0.39 is 0 Å². The molecule has 2 rings (SSSR count). The number of nitrogens with zero attached hydrogens (tertiary/aromatic N) is 3. The number of hydrogen-bond donors (Lipinski definition) is 1. The van der Waals surface area contributed by atoms with Crippen LogP contribution in [0.15, 0.2) is 12.5 Å². The van der Waals surface area contributed by atoms with Crippen molar-refractivity contribution in [3.05, 3.63) is 23.8 Å². The minimum Gasteiger partial charge on any atom is -0.355 e. The summed E-state index contributed by atoms with van der Waals surface area (Å²) in [6, 6.07) is 2.15. The second-order valence-electron chi connectivity index (χ2n) is 2.73. The molecule has 0 aliphatic heterocycles. The summed E-state index contributed by atoms with van der Waals surface area (Å²) in [7, 11) is 0. The molecule has 2 aromatic heterocycles. The first kappa shape index (κ1) is 7.74. The molecule has 2 heterocycles. The van der Waals surface area contributed by atoms with Gasteiger partial charge in [0.05, 0.1) is 17.3 Å². The van der Waals surface area contributed by atoms with Crippen molar-refractivity contribution in [2.75, 3.05) is 0 Å². The third kappa shape index (κ3) is 1.05. The van der Waals surface area contributed by atoms with E-state index in [-0.39, 0.29) is 0 Å². The number of fused-ring (bicyclic) bond motifs is 1. The first-order valence-electron chi connectivity index (χ1n) is 4.07. The average molecular weight is 172 g/mol. The third-order valence-electron chi connectivity index (χ3n) is 2.00. The van der Waals surface area contributed by atoms with Crippen molar-refractivity contribution in [1.29, 1.82) is 5.26 Å². The van der Waals surface area contributed by atoms with Gasteiger partial charge in [0.15, 0.2) is 0 Å². The van der Waals surface area contributed by atoms with Gasteiger partial charge in [-0.05, 0) is 6.42 Å². The smallest absolute Gasteiger partial charge is 0.116 e. The first-order valence-corrected chi connectivity index (χ1v) is 4.07. The summed E-state index contributed by atoms with van der Waals surface area (Å²) < 4.78 is 0. The quantitative estimate of drug-likeness (QED) is 0.706. The highest BCUT2D eigenvalue weighted by atomic mass is 14.9. The lowest BCUT2D eigenvalue weighted by Crippen LogP contribution is -1.83. The van der Waals surface area contributed by atoms with E-state index in [0.717, 1.165) is 17.6 Å². The van der Waals surface area contributed by atoms with Crippen LogP contribution in [0, 0.1) is 11.3 Å². The molecule has 0 saturated carbocycles. The topological polar surface area (TPSA) is 65.4 Å². The Morgan fingerprint density at radius 1 is 1.62 bits per heavy atom. The largest absolute Gasteiger partial charge is 0.355 e. The van der Waals surface area contributed by atoms with Gasteiger partial charge >= 0.3 is 0 Å². The van der Waals surface area contributed by atoms with Crippen molar-refractivity contribution >= 4 is 11.0 Å². The highest BCUT2D eigenvalue weighted by Gasteiger charge is 2.09. The van der Waals surface area contributed by atoms with Crippen LogP contribution in [0.4, 0.5) is 0 Å². The number of nitriles is 1. The Morgan fingerprint density at radius 2 is 2.46 bits per heavy atom. The highest BCUT2D eigenvalue weighted by Crippen LogP contribution is 2.18. The summed E-state index contributed by atoms with van der Waals surface area (Å²) in [5.41, 5.74) is 3.11. The second-order valence-corrected chi connectivity index (χ2v) is 2.73. The van der Waals surface area contributed by atoms with Gasteiger partial charge in [0.1, 0.15) is 17.9 Å². The van der Waals surface area contributed by atoms with Crippen LogP contribution in [0.3, 0.4) is 0 Å². The summed E-state index contributed by atoms with van der Waals surface area (Å²) in [4.78, 5) is 11.1. The zero-order valence-electron chi connectivity index (χ0n) is 7.20. The fourth-order valence-electron chi connectivity index (χ4n) is 1.37. The van der Waals surface area contributed by atoms with Gasteiger partial charge < -0.3 is 4.98 Å². The SMILES string of the molecule is CCc1[nH]c2cncnc2c1C#N. The zero-order valence-corrected chi connectivity index (χ0v) is 7.20. The maximum atomic E-state index is 8.91. The predicted octanol–water partition coefficient (Wildman–Crippen LogP) is 1.39. The van der Waals surface area contributed by atoms with Crippen molar-refractivity contribution in [2.45, 2.75) is 13.3 Å². The van der Waals surface area contributed by atoms with E-state index in [4.69, 9.17) is 5.26 Å². The Labute approximate surface area is 75.2 Å². The van der Waals surface area contributed by atoms with Crippen LogP contribution in [0.2, 0.25) is 0 Å². The van der Waals surface area contributed by atoms with Gasteiger partial charge in [-0.1, -0.05) is 6.92 Å². The van der Waals surface area contributed by atoms with Crippen molar-refractivity contribution < 1.29 is 0 Å². The van der Waals surface area contributed by atoms with Gasteiger partial charge in [0.25, 0.3) is 0 Å². The molecule has 0 aromatic carbocycles. The van der Waals surface area contributed by atoms with Gasteiger partial charge in [0.2, 0.25) is 0 Å². The Morgan fingerprint density at radius 3 is 3.15 bits per heavy atom. The van der Waals surface area contributed by atoms with Gasteiger partial charge in [0, 0.05) is 5.69 Å². The molecule has 0 aliphatic rings.